The highest BCUT2D eigenvalue weighted by atomic mass is 16.5. The van der Waals surface area contributed by atoms with Gasteiger partial charge in [-0.15, -0.1) is 0 Å². The van der Waals surface area contributed by atoms with Crippen molar-refractivity contribution in [1.82, 2.24) is 10.6 Å². The smallest absolute Gasteiger partial charge is 0.342 e. The number of methoxy groups -OCH3 is 1. The lowest BCUT2D eigenvalue weighted by Crippen LogP contribution is -2.48. The van der Waals surface area contributed by atoms with E-state index in [1.165, 1.54) is 25.3 Å². The molecule has 0 radical (unpaired) electrons. The van der Waals surface area contributed by atoms with Crippen LogP contribution >= 0.6 is 0 Å². The lowest BCUT2D eigenvalue weighted by atomic mass is 9.86. The summed E-state index contributed by atoms with van der Waals surface area (Å²) in [5.74, 6) is -1.20. The Morgan fingerprint density at radius 3 is 2.62 bits per heavy atom. The van der Waals surface area contributed by atoms with Crippen LogP contribution in [0.3, 0.4) is 0 Å². The third-order valence-corrected chi connectivity index (χ3v) is 4.44. The van der Waals surface area contributed by atoms with Crippen molar-refractivity contribution in [3.05, 3.63) is 23.8 Å². The van der Waals surface area contributed by atoms with E-state index in [0.717, 1.165) is 25.7 Å². The molecule has 1 aliphatic rings. The molecule has 0 bridgehead atoms. The van der Waals surface area contributed by atoms with Crippen LogP contribution < -0.4 is 15.4 Å². The van der Waals surface area contributed by atoms with E-state index in [1.54, 1.807) is 0 Å². The molecule has 1 aromatic carbocycles. The summed E-state index contributed by atoms with van der Waals surface area (Å²) in [6.07, 6.45) is 4.12. The Balaban J connectivity index is 1.79. The van der Waals surface area contributed by atoms with Gasteiger partial charge in [0.05, 0.1) is 7.11 Å². The highest BCUT2D eigenvalue weighted by molar-refractivity contribution is 5.97. The molecule has 0 saturated heterocycles. The molecule has 142 valence electrons. The van der Waals surface area contributed by atoms with Gasteiger partial charge in [-0.3, -0.25) is 10.1 Å². The highest BCUT2D eigenvalue weighted by Crippen LogP contribution is 2.24. The fraction of sp³-hybridized carbons (Fsp3) is 0.500. The van der Waals surface area contributed by atoms with Crippen LogP contribution in [0.15, 0.2) is 18.2 Å². The molecule has 1 aliphatic carbocycles. The molecular weight excluding hydrogens is 340 g/mol. The number of rotatable bonds is 5. The second-order valence-electron chi connectivity index (χ2n) is 6.35. The van der Waals surface area contributed by atoms with Crippen molar-refractivity contribution in [2.75, 3.05) is 13.7 Å². The minimum Gasteiger partial charge on any atom is -0.507 e. The van der Waals surface area contributed by atoms with E-state index >= 15 is 0 Å². The Labute approximate surface area is 151 Å². The Morgan fingerprint density at radius 2 is 1.96 bits per heavy atom. The van der Waals surface area contributed by atoms with Crippen LogP contribution in [0, 0.1) is 5.92 Å². The average Bonchev–Trinajstić information content (AvgIpc) is 2.61. The summed E-state index contributed by atoms with van der Waals surface area (Å²) in [6.45, 7) is 1.44. The second kappa shape index (κ2) is 9.07. The average molecular weight is 364 g/mol. The fourth-order valence-electron chi connectivity index (χ4n) is 2.92. The molecular formula is C18H24N2O6. The number of aromatic hydroxyl groups is 1. The lowest BCUT2D eigenvalue weighted by molar-refractivity contribution is -0.123. The van der Waals surface area contributed by atoms with E-state index in [-0.39, 0.29) is 17.4 Å². The van der Waals surface area contributed by atoms with Gasteiger partial charge in [0.1, 0.15) is 17.1 Å². The molecule has 1 saturated carbocycles. The summed E-state index contributed by atoms with van der Waals surface area (Å²) in [5, 5.41) is 14.7. The van der Waals surface area contributed by atoms with Crippen LogP contribution in [0.2, 0.25) is 0 Å². The van der Waals surface area contributed by atoms with Crippen LogP contribution in [0.4, 0.5) is 4.79 Å². The molecule has 0 heterocycles. The monoisotopic (exact) mass is 364 g/mol. The zero-order valence-corrected chi connectivity index (χ0v) is 14.9. The molecule has 2 rings (SSSR count). The van der Waals surface area contributed by atoms with E-state index in [0.29, 0.717) is 11.7 Å². The third kappa shape index (κ3) is 5.37. The molecule has 3 amide bonds. The number of ether oxygens (including phenoxy) is 2. The number of phenols is 1. The maximum Gasteiger partial charge on any atom is 0.342 e. The zero-order valence-electron chi connectivity index (χ0n) is 14.9. The standard InChI is InChI=1S/C18H24N2O6/c1-11-5-3-4-6-14(11)19-18(24)20-16(22)10-26-17(23)13-8-7-12(25-2)9-15(13)21/h7-9,11,14,21H,3-6,10H2,1-2H3,(H2,19,20,22,24)/t11-,14-/m0/s1. The van der Waals surface area contributed by atoms with Crippen LogP contribution in [-0.2, 0) is 9.53 Å². The van der Waals surface area contributed by atoms with Crippen molar-refractivity contribution in [2.24, 2.45) is 5.92 Å². The zero-order chi connectivity index (χ0) is 19.1. The van der Waals surface area contributed by atoms with Gasteiger partial charge in [0.25, 0.3) is 5.91 Å². The lowest BCUT2D eigenvalue weighted by Gasteiger charge is -2.29. The van der Waals surface area contributed by atoms with Crippen LogP contribution in [0.5, 0.6) is 11.5 Å². The van der Waals surface area contributed by atoms with Gasteiger partial charge in [0.2, 0.25) is 0 Å². The Bertz CT molecular complexity index is 676. The molecule has 1 aromatic rings. The number of nitrogens with one attached hydrogen (secondary N) is 2. The summed E-state index contributed by atoms with van der Waals surface area (Å²) < 4.78 is 9.75. The second-order valence-corrected chi connectivity index (χ2v) is 6.35. The SMILES string of the molecule is COc1ccc(C(=O)OCC(=O)NC(=O)N[C@H]2CCCC[C@@H]2C)c(O)c1. The molecule has 0 aromatic heterocycles. The maximum atomic E-state index is 11.9. The van der Waals surface area contributed by atoms with Gasteiger partial charge in [0.15, 0.2) is 6.61 Å². The Kier molecular flexibility index (Phi) is 6.82. The van der Waals surface area contributed by atoms with Gasteiger partial charge >= 0.3 is 12.0 Å². The molecule has 8 nitrogen and oxygen atoms in total. The summed E-state index contributed by atoms with van der Waals surface area (Å²) >= 11 is 0. The first-order valence-electron chi connectivity index (χ1n) is 8.55. The largest absolute Gasteiger partial charge is 0.507 e. The number of amides is 3. The van der Waals surface area contributed by atoms with Crippen LogP contribution in [0.25, 0.3) is 0 Å². The fourth-order valence-corrected chi connectivity index (χ4v) is 2.92. The van der Waals surface area contributed by atoms with Gasteiger partial charge in [-0.1, -0.05) is 19.8 Å². The number of hydrogen-bond donors (Lipinski definition) is 3. The molecule has 3 N–H and O–H groups in total. The third-order valence-electron chi connectivity index (χ3n) is 4.44. The number of benzene rings is 1. The number of imide groups is 1. The Hall–Kier alpha value is -2.77. The van der Waals surface area contributed by atoms with Gasteiger partial charge in [0, 0.05) is 12.1 Å². The maximum absolute atomic E-state index is 11.9. The van der Waals surface area contributed by atoms with E-state index in [2.05, 4.69) is 17.6 Å². The van der Waals surface area contributed by atoms with Gasteiger partial charge in [-0.25, -0.2) is 9.59 Å². The first-order valence-corrected chi connectivity index (χ1v) is 8.55. The van der Waals surface area contributed by atoms with Gasteiger partial charge < -0.3 is 19.9 Å². The van der Waals surface area contributed by atoms with Crippen molar-refractivity contribution in [2.45, 2.75) is 38.6 Å². The van der Waals surface area contributed by atoms with Crippen molar-refractivity contribution in [3.8, 4) is 11.5 Å². The quantitative estimate of drug-likeness (QED) is 0.688. The summed E-state index contributed by atoms with van der Waals surface area (Å²) in [4.78, 5) is 35.5. The molecule has 0 unspecified atom stereocenters. The summed E-state index contributed by atoms with van der Waals surface area (Å²) in [5.41, 5.74) is -0.0981. The number of carbonyl (C=O) groups excluding carboxylic acids is 3. The minimum absolute atomic E-state index is 0.0374. The van der Waals surface area contributed by atoms with Crippen molar-refractivity contribution in [1.29, 1.82) is 0 Å². The number of hydrogen-bond acceptors (Lipinski definition) is 6. The van der Waals surface area contributed by atoms with Crippen molar-refractivity contribution >= 4 is 17.9 Å². The van der Waals surface area contributed by atoms with Crippen molar-refractivity contribution in [3.63, 3.8) is 0 Å². The number of phenolic OH excluding ortho intramolecular Hbond substituents is 1. The van der Waals surface area contributed by atoms with E-state index in [9.17, 15) is 19.5 Å². The summed E-state index contributed by atoms with van der Waals surface area (Å²) in [7, 11) is 1.43. The molecule has 2 atom stereocenters. The first-order chi connectivity index (χ1) is 12.4. The minimum atomic E-state index is -0.874. The highest BCUT2D eigenvalue weighted by Gasteiger charge is 2.23. The van der Waals surface area contributed by atoms with E-state index in [1.807, 2.05) is 0 Å². The number of esters is 1. The van der Waals surface area contributed by atoms with Crippen LogP contribution in [-0.4, -0.2) is 42.8 Å². The molecule has 1 fully saturated rings. The predicted molar refractivity (Wildman–Crippen MR) is 93.0 cm³/mol. The van der Waals surface area contributed by atoms with E-state index < -0.39 is 24.5 Å². The summed E-state index contributed by atoms with van der Waals surface area (Å²) in [6, 6.07) is 3.50. The molecule has 26 heavy (non-hydrogen) atoms. The Morgan fingerprint density at radius 1 is 1.23 bits per heavy atom. The molecule has 0 aliphatic heterocycles. The number of carbonyl (C=O) groups is 3. The normalized spacial score (nSPS) is 19.3. The van der Waals surface area contributed by atoms with E-state index in [4.69, 9.17) is 9.47 Å². The van der Waals surface area contributed by atoms with Crippen LogP contribution in [0.1, 0.15) is 43.0 Å². The van der Waals surface area contributed by atoms with Gasteiger partial charge in [-0.05, 0) is 30.9 Å². The first kappa shape index (κ1) is 19.6. The number of urea groups is 1. The molecule has 8 heteroatoms. The van der Waals surface area contributed by atoms with Gasteiger partial charge in [-0.2, -0.15) is 0 Å². The predicted octanol–water partition coefficient (Wildman–Crippen LogP) is 1.96. The molecule has 0 spiro atoms. The topological polar surface area (TPSA) is 114 Å². The van der Waals surface area contributed by atoms with Crippen molar-refractivity contribution < 1.29 is 29.0 Å².